The normalized spacial score (nSPS) is 33.0. The molecule has 2 radical (unpaired) electrons. The van der Waals surface area contributed by atoms with Crippen LogP contribution in [0.5, 0.6) is 0 Å². The predicted molar refractivity (Wildman–Crippen MR) is 31.1 cm³/mol. The summed E-state index contributed by atoms with van der Waals surface area (Å²) < 4.78 is 5.26. The fourth-order valence-corrected chi connectivity index (χ4v) is 1.22. The molecule has 0 aromatic heterocycles. The molecule has 1 aliphatic carbocycles. The third kappa shape index (κ3) is 0.655. The van der Waals surface area contributed by atoms with Crippen LogP contribution in [0.4, 0.5) is 0 Å². The summed E-state index contributed by atoms with van der Waals surface area (Å²) >= 11 is 0. The predicted octanol–water partition coefficient (Wildman–Crippen LogP) is 1.35. The maximum Gasteiger partial charge on any atom is 0.0948 e. The third-order valence-corrected chi connectivity index (χ3v) is 1.94. The van der Waals surface area contributed by atoms with Gasteiger partial charge in [-0.2, -0.15) is 0 Å². The summed E-state index contributed by atoms with van der Waals surface area (Å²) in [6, 6.07) is 0. The highest BCUT2D eigenvalue weighted by Crippen LogP contribution is 2.40. The van der Waals surface area contributed by atoms with Crippen molar-refractivity contribution in [2.45, 2.75) is 24.9 Å². The van der Waals surface area contributed by atoms with Crippen LogP contribution in [0, 0.1) is 12.8 Å². The number of rotatable bonds is 0. The molecule has 1 heteroatoms. The van der Waals surface area contributed by atoms with Gasteiger partial charge in [0.25, 0.3) is 0 Å². The van der Waals surface area contributed by atoms with Crippen molar-refractivity contribution in [3.05, 3.63) is 12.8 Å². The number of hydrogen-bond acceptors (Lipinski definition) is 1. The van der Waals surface area contributed by atoms with Crippen LogP contribution < -0.4 is 0 Å². The van der Waals surface area contributed by atoms with E-state index in [1.165, 1.54) is 12.8 Å². The molecule has 1 saturated carbocycles. The van der Waals surface area contributed by atoms with Gasteiger partial charge in [0.2, 0.25) is 0 Å². The van der Waals surface area contributed by atoms with Crippen molar-refractivity contribution in [1.82, 2.24) is 0 Å². The van der Waals surface area contributed by atoms with Gasteiger partial charge in [0.15, 0.2) is 0 Å². The van der Waals surface area contributed by atoms with E-state index >= 15 is 0 Å². The molecule has 0 aromatic carbocycles. The maximum atomic E-state index is 5.26. The van der Waals surface area contributed by atoms with E-state index in [2.05, 4.69) is 12.8 Å². The SMILES string of the molecule is [CH]1C[CH]C2(CC1)CO2. The highest BCUT2D eigenvalue weighted by atomic mass is 16.6. The van der Waals surface area contributed by atoms with Crippen LogP contribution in [0.2, 0.25) is 0 Å². The summed E-state index contributed by atoms with van der Waals surface area (Å²) in [7, 11) is 0. The Morgan fingerprint density at radius 3 is 2.75 bits per heavy atom. The lowest BCUT2D eigenvalue weighted by Crippen LogP contribution is -2.15. The lowest BCUT2D eigenvalue weighted by atomic mass is 9.90. The Morgan fingerprint density at radius 1 is 1.50 bits per heavy atom. The van der Waals surface area contributed by atoms with Crippen molar-refractivity contribution in [1.29, 1.82) is 0 Å². The van der Waals surface area contributed by atoms with Gasteiger partial charge < -0.3 is 4.74 Å². The highest BCUT2D eigenvalue weighted by molar-refractivity contribution is 5.09. The quantitative estimate of drug-likeness (QED) is 0.429. The standard InChI is InChI=1S/C7H10O/c1-2-4-7(5-3-1)6-8-7/h1,4H,2-3,5-6H2. The van der Waals surface area contributed by atoms with E-state index in [0.29, 0.717) is 0 Å². The summed E-state index contributed by atoms with van der Waals surface area (Å²) in [5.41, 5.74) is 0.273. The second-order valence-electron chi connectivity index (χ2n) is 2.62. The molecule has 1 spiro atoms. The molecule has 8 heavy (non-hydrogen) atoms. The molecule has 2 aliphatic rings. The Labute approximate surface area is 50.0 Å². The summed E-state index contributed by atoms with van der Waals surface area (Å²) in [5, 5.41) is 0. The van der Waals surface area contributed by atoms with Crippen molar-refractivity contribution in [3.8, 4) is 0 Å². The van der Waals surface area contributed by atoms with E-state index in [4.69, 9.17) is 4.74 Å². The average molecular weight is 110 g/mol. The van der Waals surface area contributed by atoms with E-state index in [0.717, 1.165) is 13.0 Å². The molecule has 0 bridgehead atoms. The second kappa shape index (κ2) is 1.47. The Hall–Kier alpha value is -0.0400. The van der Waals surface area contributed by atoms with Crippen molar-refractivity contribution < 1.29 is 4.74 Å². The van der Waals surface area contributed by atoms with Crippen LogP contribution in [-0.4, -0.2) is 12.2 Å². The maximum absolute atomic E-state index is 5.26. The van der Waals surface area contributed by atoms with Gasteiger partial charge in [0.05, 0.1) is 12.2 Å². The van der Waals surface area contributed by atoms with Gasteiger partial charge in [-0.15, -0.1) is 0 Å². The first-order valence-corrected chi connectivity index (χ1v) is 3.21. The van der Waals surface area contributed by atoms with Crippen molar-refractivity contribution in [3.63, 3.8) is 0 Å². The first-order valence-electron chi connectivity index (χ1n) is 3.21. The van der Waals surface area contributed by atoms with E-state index in [-0.39, 0.29) is 5.60 Å². The van der Waals surface area contributed by atoms with E-state index in [1.54, 1.807) is 0 Å². The molecule has 44 valence electrons. The second-order valence-corrected chi connectivity index (χ2v) is 2.62. The Kier molecular flexibility index (Phi) is 0.884. The highest BCUT2D eigenvalue weighted by Gasteiger charge is 2.44. The fourth-order valence-electron chi connectivity index (χ4n) is 1.22. The van der Waals surface area contributed by atoms with Gasteiger partial charge in [0.1, 0.15) is 0 Å². The summed E-state index contributed by atoms with van der Waals surface area (Å²) in [4.78, 5) is 0. The van der Waals surface area contributed by atoms with Gasteiger partial charge in [-0.25, -0.2) is 0 Å². The molecule has 1 unspecified atom stereocenters. The Bertz CT molecular complexity index is 86.6. The molecule has 1 heterocycles. The van der Waals surface area contributed by atoms with E-state index < -0.39 is 0 Å². The van der Waals surface area contributed by atoms with Crippen molar-refractivity contribution in [2.24, 2.45) is 0 Å². The molecule has 1 nitrogen and oxygen atoms in total. The molecule has 0 N–H and O–H groups in total. The molecular weight excluding hydrogens is 100 g/mol. The lowest BCUT2D eigenvalue weighted by molar-refractivity contribution is 0.304. The summed E-state index contributed by atoms with van der Waals surface area (Å²) in [6.07, 6.45) is 8.23. The number of hydrogen-bond donors (Lipinski definition) is 0. The zero-order valence-corrected chi connectivity index (χ0v) is 4.89. The zero-order valence-electron chi connectivity index (χ0n) is 4.89. The molecule has 0 amide bonds. The molecule has 2 fully saturated rings. The molecule has 0 aromatic rings. The van der Waals surface area contributed by atoms with Crippen LogP contribution in [-0.2, 0) is 4.74 Å². The minimum absolute atomic E-state index is 0.273. The van der Waals surface area contributed by atoms with E-state index in [1.807, 2.05) is 0 Å². The van der Waals surface area contributed by atoms with Gasteiger partial charge in [-0.1, -0.05) is 0 Å². The van der Waals surface area contributed by atoms with Crippen LogP contribution in [0.3, 0.4) is 0 Å². The van der Waals surface area contributed by atoms with Gasteiger partial charge in [-0.3, -0.25) is 0 Å². The van der Waals surface area contributed by atoms with E-state index in [9.17, 15) is 0 Å². The number of ether oxygens (including phenoxy) is 1. The smallest absolute Gasteiger partial charge is 0.0948 e. The van der Waals surface area contributed by atoms with Crippen LogP contribution in [0.25, 0.3) is 0 Å². The first kappa shape index (κ1) is 4.80. The Balaban J connectivity index is 1.95. The van der Waals surface area contributed by atoms with Crippen molar-refractivity contribution in [2.75, 3.05) is 6.61 Å². The molecular formula is C7H10O. The minimum Gasteiger partial charge on any atom is -0.369 e. The Morgan fingerprint density at radius 2 is 2.38 bits per heavy atom. The summed E-state index contributed by atoms with van der Waals surface area (Å²) in [5.74, 6) is 0. The lowest BCUT2D eigenvalue weighted by Gasteiger charge is -2.15. The average Bonchev–Trinajstić information content (AvgIpc) is 2.52. The zero-order chi connectivity index (χ0) is 5.45. The van der Waals surface area contributed by atoms with Gasteiger partial charge in [0, 0.05) is 0 Å². The third-order valence-electron chi connectivity index (χ3n) is 1.94. The molecule has 1 aliphatic heterocycles. The van der Waals surface area contributed by atoms with Crippen LogP contribution in [0.1, 0.15) is 19.3 Å². The summed E-state index contributed by atoms with van der Waals surface area (Å²) in [6.45, 7) is 0.987. The molecule has 2 rings (SSSR count). The van der Waals surface area contributed by atoms with Crippen molar-refractivity contribution >= 4 is 0 Å². The molecule has 1 saturated heterocycles. The van der Waals surface area contributed by atoms with Crippen LogP contribution in [0.15, 0.2) is 0 Å². The number of epoxide rings is 1. The topological polar surface area (TPSA) is 12.5 Å². The largest absolute Gasteiger partial charge is 0.369 e. The molecule has 1 atom stereocenters. The fraction of sp³-hybridized carbons (Fsp3) is 0.714. The van der Waals surface area contributed by atoms with Gasteiger partial charge in [-0.05, 0) is 32.1 Å². The van der Waals surface area contributed by atoms with Gasteiger partial charge >= 0.3 is 0 Å². The monoisotopic (exact) mass is 110 g/mol. The first-order chi connectivity index (χ1) is 3.91. The minimum atomic E-state index is 0.273. The van der Waals surface area contributed by atoms with Crippen LogP contribution >= 0.6 is 0 Å².